The van der Waals surface area contributed by atoms with Crippen LogP contribution in [0.25, 0.3) is 0 Å². The predicted octanol–water partition coefficient (Wildman–Crippen LogP) is 4.95. The molecule has 0 spiro atoms. The second-order valence-corrected chi connectivity index (χ2v) is 6.96. The van der Waals surface area contributed by atoms with E-state index in [1.54, 1.807) is 18.2 Å². The summed E-state index contributed by atoms with van der Waals surface area (Å²) < 4.78 is 26.8. The normalized spacial score (nSPS) is 11.2. The Labute approximate surface area is 141 Å². The van der Waals surface area contributed by atoms with Gasteiger partial charge in [-0.25, -0.2) is 8.78 Å². The van der Waals surface area contributed by atoms with Gasteiger partial charge in [0.1, 0.15) is 11.6 Å². The van der Waals surface area contributed by atoms with Crippen LogP contribution in [0.15, 0.2) is 42.5 Å². The zero-order chi connectivity index (χ0) is 17.7. The molecule has 0 fully saturated rings. The second kappa shape index (κ2) is 7.43. The third kappa shape index (κ3) is 5.65. The number of hydrogen-bond donors (Lipinski definition) is 2. The van der Waals surface area contributed by atoms with Gasteiger partial charge in [-0.15, -0.1) is 0 Å². The summed E-state index contributed by atoms with van der Waals surface area (Å²) in [5.41, 5.74) is 1.53. The summed E-state index contributed by atoms with van der Waals surface area (Å²) in [5.74, 6) is -0.835. The summed E-state index contributed by atoms with van der Waals surface area (Å²) in [6.45, 7) is 6.29. The molecule has 1 amide bonds. The third-order valence-corrected chi connectivity index (χ3v) is 3.34. The lowest BCUT2D eigenvalue weighted by atomic mass is 9.92. The lowest BCUT2D eigenvalue weighted by Crippen LogP contribution is -2.19. The van der Waals surface area contributed by atoms with Crippen molar-refractivity contribution >= 4 is 17.3 Å². The van der Waals surface area contributed by atoms with Crippen LogP contribution in [0.2, 0.25) is 0 Å². The quantitative estimate of drug-likeness (QED) is 0.813. The highest BCUT2D eigenvalue weighted by molar-refractivity contribution is 5.91. The van der Waals surface area contributed by atoms with Crippen molar-refractivity contribution in [2.45, 2.75) is 33.7 Å². The lowest BCUT2D eigenvalue weighted by molar-refractivity contribution is -0.117. The molecule has 0 aliphatic heterocycles. The molecule has 0 saturated heterocycles. The van der Waals surface area contributed by atoms with Crippen LogP contribution in [0, 0.1) is 17.0 Å². The Kier molecular flexibility index (Phi) is 5.54. The summed E-state index contributed by atoms with van der Waals surface area (Å²) >= 11 is 0. The van der Waals surface area contributed by atoms with Crippen molar-refractivity contribution in [3.8, 4) is 0 Å². The molecule has 128 valence electrons. The molecule has 0 aliphatic rings. The van der Waals surface area contributed by atoms with E-state index in [0.29, 0.717) is 18.7 Å². The number of hydrogen-bond acceptors (Lipinski definition) is 2. The van der Waals surface area contributed by atoms with E-state index < -0.39 is 5.82 Å². The van der Waals surface area contributed by atoms with Crippen molar-refractivity contribution in [3.05, 3.63) is 59.7 Å². The maximum Gasteiger partial charge on any atom is 0.224 e. The molecule has 2 N–H and O–H groups in total. The topological polar surface area (TPSA) is 41.1 Å². The van der Waals surface area contributed by atoms with Gasteiger partial charge < -0.3 is 10.6 Å². The van der Waals surface area contributed by atoms with Gasteiger partial charge in [-0.3, -0.25) is 4.79 Å². The molecule has 5 heteroatoms. The van der Waals surface area contributed by atoms with E-state index in [1.807, 2.05) is 20.8 Å². The van der Waals surface area contributed by atoms with E-state index in [4.69, 9.17) is 0 Å². The lowest BCUT2D eigenvalue weighted by Gasteiger charge is -2.17. The van der Waals surface area contributed by atoms with E-state index in [-0.39, 0.29) is 22.8 Å². The Bertz CT molecular complexity index is 706. The number of benzene rings is 2. The largest absolute Gasteiger partial charge is 0.379 e. The molecule has 3 nitrogen and oxygen atoms in total. The fourth-order valence-electron chi connectivity index (χ4n) is 2.22. The van der Waals surface area contributed by atoms with Gasteiger partial charge >= 0.3 is 0 Å². The minimum Gasteiger partial charge on any atom is -0.379 e. The van der Waals surface area contributed by atoms with E-state index in [2.05, 4.69) is 10.6 Å². The standard InChI is InChI=1S/C19H22F2N2O/c1-19(2,3)11-18(24)23-15-8-9-16(21)17(10-15)22-12-13-4-6-14(20)7-5-13/h4-10,22H,11-12H2,1-3H3,(H,23,24). The van der Waals surface area contributed by atoms with Gasteiger partial charge in [0.15, 0.2) is 0 Å². The minimum absolute atomic E-state index is 0.112. The number of nitrogens with one attached hydrogen (secondary N) is 2. The molecule has 2 rings (SSSR count). The Morgan fingerprint density at radius 2 is 1.71 bits per heavy atom. The first-order chi connectivity index (χ1) is 11.2. The van der Waals surface area contributed by atoms with Crippen molar-refractivity contribution < 1.29 is 13.6 Å². The zero-order valence-corrected chi connectivity index (χ0v) is 14.1. The van der Waals surface area contributed by atoms with Crippen molar-refractivity contribution in [1.29, 1.82) is 0 Å². The maximum atomic E-state index is 13.9. The number of rotatable bonds is 5. The van der Waals surface area contributed by atoms with Gasteiger partial charge in [0.25, 0.3) is 0 Å². The molecule has 0 atom stereocenters. The summed E-state index contributed by atoms with van der Waals surface area (Å²) in [5, 5.41) is 5.74. The van der Waals surface area contributed by atoms with Crippen molar-refractivity contribution in [3.63, 3.8) is 0 Å². The molecule has 0 heterocycles. The van der Waals surface area contributed by atoms with Crippen LogP contribution in [-0.2, 0) is 11.3 Å². The van der Waals surface area contributed by atoms with E-state index in [9.17, 15) is 13.6 Å². The predicted molar refractivity (Wildman–Crippen MR) is 92.8 cm³/mol. The van der Waals surface area contributed by atoms with Gasteiger partial charge in [-0.05, 0) is 41.3 Å². The van der Waals surface area contributed by atoms with Crippen molar-refractivity contribution in [2.75, 3.05) is 10.6 Å². The number of anilines is 2. The second-order valence-electron chi connectivity index (χ2n) is 6.96. The third-order valence-electron chi connectivity index (χ3n) is 3.34. The molecule has 2 aromatic carbocycles. The number of carbonyl (C=O) groups excluding carboxylic acids is 1. The molecule has 0 radical (unpaired) electrons. The van der Waals surface area contributed by atoms with E-state index >= 15 is 0 Å². The number of amides is 1. The Morgan fingerprint density at radius 1 is 1.04 bits per heavy atom. The average molecular weight is 332 g/mol. The first-order valence-corrected chi connectivity index (χ1v) is 7.81. The molecular weight excluding hydrogens is 310 g/mol. The minimum atomic E-state index is -0.411. The van der Waals surface area contributed by atoms with Crippen LogP contribution in [-0.4, -0.2) is 5.91 Å². The molecule has 0 aromatic heterocycles. The van der Waals surface area contributed by atoms with E-state index in [1.165, 1.54) is 24.3 Å². The monoisotopic (exact) mass is 332 g/mol. The Hall–Kier alpha value is -2.43. The summed E-state index contributed by atoms with van der Waals surface area (Å²) in [7, 11) is 0. The number of halogens is 2. The summed E-state index contributed by atoms with van der Waals surface area (Å²) in [6.07, 6.45) is 0.378. The first-order valence-electron chi connectivity index (χ1n) is 7.81. The van der Waals surface area contributed by atoms with Crippen LogP contribution in [0.5, 0.6) is 0 Å². The average Bonchev–Trinajstić information content (AvgIpc) is 2.47. The molecular formula is C19H22F2N2O. The highest BCUT2D eigenvalue weighted by Crippen LogP contribution is 2.23. The molecule has 24 heavy (non-hydrogen) atoms. The SMILES string of the molecule is CC(C)(C)CC(=O)Nc1ccc(F)c(NCc2ccc(F)cc2)c1. The van der Waals surface area contributed by atoms with Gasteiger partial charge in [0.2, 0.25) is 5.91 Å². The Balaban J connectivity index is 2.02. The van der Waals surface area contributed by atoms with Crippen molar-refractivity contribution in [2.24, 2.45) is 5.41 Å². The van der Waals surface area contributed by atoms with Gasteiger partial charge in [-0.2, -0.15) is 0 Å². The van der Waals surface area contributed by atoms with Crippen LogP contribution < -0.4 is 10.6 Å². The van der Waals surface area contributed by atoms with Crippen LogP contribution >= 0.6 is 0 Å². The van der Waals surface area contributed by atoms with E-state index in [0.717, 1.165) is 5.56 Å². The highest BCUT2D eigenvalue weighted by Gasteiger charge is 2.16. The molecule has 0 aliphatic carbocycles. The molecule has 2 aromatic rings. The van der Waals surface area contributed by atoms with Gasteiger partial charge in [0.05, 0.1) is 5.69 Å². The highest BCUT2D eigenvalue weighted by atomic mass is 19.1. The molecule has 0 bridgehead atoms. The molecule has 0 unspecified atom stereocenters. The van der Waals surface area contributed by atoms with Crippen molar-refractivity contribution in [1.82, 2.24) is 0 Å². The Morgan fingerprint density at radius 3 is 2.33 bits per heavy atom. The zero-order valence-electron chi connectivity index (χ0n) is 14.1. The van der Waals surface area contributed by atoms with Crippen LogP contribution in [0.3, 0.4) is 0 Å². The summed E-state index contributed by atoms with van der Waals surface area (Å²) in [6, 6.07) is 10.4. The van der Waals surface area contributed by atoms with Crippen LogP contribution in [0.1, 0.15) is 32.8 Å². The molecule has 0 saturated carbocycles. The fourth-order valence-corrected chi connectivity index (χ4v) is 2.22. The fraction of sp³-hybridized carbons (Fsp3) is 0.316. The number of carbonyl (C=O) groups is 1. The van der Waals surface area contributed by atoms with Gasteiger partial charge in [-0.1, -0.05) is 32.9 Å². The summed E-state index contributed by atoms with van der Waals surface area (Å²) in [4.78, 5) is 12.0. The van der Waals surface area contributed by atoms with Crippen LogP contribution in [0.4, 0.5) is 20.2 Å². The first kappa shape index (κ1) is 17.9. The maximum absolute atomic E-state index is 13.9. The van der Waals surface area contributed by atoms with Gasteiger partial charge in [0, 0.05) is 18.7 Å². The smallest absolute Gasteiger partial charge is 0.224 e.